The van der Waals surface area contributed by atoms with Crippen LogP contribution >= 0.6 is 0 Å². The van der Waals surface area contributed by atoms with E-state index in [1.165, 1.54) is 16.7 Å². The van der Waals surface area contributed by atoms with E-state index in [9.17, 15) is 4.79 Å². The predicted octanol–water partition coefficient (Wildman–Crippen LogP) is 3.75. The van der Waals surface area contributed by atoms with Crippen LogP contribution in [-0.2, 0) is 17.6 Å². The van der Waals surface area contributed by atoms with Gasteiger partial charge in [0, 0.05) is 5.56 Å². The lowest BCUT2D eigenvalue weighted by Crippen LogP contribution is -2.32. The lowest BCUT2D eigenvalue weighted by Gasteiger charge is -2.34. The molecule has 0 saturated carbocycles. The Kier molecular flexibility index (Phi) is 3.12. The maximum absolute atomic E-state index is 12.8. The summed E-state index contributed by atoms with van der Waals surface area (Å²) in [7, 11) is 0. The monoisotopic (exact) mass is 278 g/mol. The summed E-state index contributed by atoms with van der Waals surface area (Å²) in [4.78, 5) is 12.8. The predicted molar refractivity (Wildman–Crippen MR) is 81.4 cm³/mol. The Balaban J connectivity index is 1.72. The zero-order valence-electron chi connectivity index (χ0n) is 11.9. The zero-order valence-corrected chi connectivity index (χ0v) is 11.9. The van der Waals surface area contributed by atoms with Crippen LogP contribution in [0.25, 0.3) is 0 Å². The van der Waals surface area contributed by atoms with Gasteiger partial charge in [0.2, 0.25) is 0 Å². The smallest absolute Gasteiger partial charge is 0.169 e. The molecule has 106 valence electrons. The first-order valence-corrected chi connectivity index (χ1v) is 7.66. The first-order chi connectivity index (χ1) is 10.3. The second-order valence-electron chi connectivity index (χ2n) is 5.91. The summed E-state index contributed by atoms with van der Waals surface area (Å²) in [5.41, 5.74) is 4.62. The van der Waals surface area contributed by atoms with Crippen molar-refractivity contribution in [1.82, 2.24) is 0 Å². The van der Waals surface area contributed by atoms with Crippen LogP contribution in [0.15, 0.2) is 48.5 Å². The average Bonchev–Trinajstić information content (AvgIpc) is 2.55. The van der Waals surface area contributed by atoms with Gasteiger partial charge >= 0.3 is 0 Å². The molecule has 2 atom stereocenters. The van der Waals surface area contributed by atoms with Gasteiger partial charge in [0.1, 0.15) is 0 Å². The van der Waals surface area contributed by atoms with Gasteiger partial charge in [0.15, 0.2) is 5.78 Å². The van der Waals surface area contributed by atoms with Gasteiger partial charge in [-0.3, -0.25) is 4.79 Å². The largest absolute Gasteiger partial charge is 0.372 e. The van der Waals surface area contributed by atoms with E-state index in [0.29, 0.717) is 6.61 Å². The molecule has 2 nitrogen and oxygen atoms in total. The van der Waals surface area contributed by atoms with E-state index in [-0.39, 0.29) is 17.8 Å². The van der Waals surface area contributed by atoms with Crippen molar-refractivity contribution in [3.63, 3.8) is 0 Å². The fourth-order valence-corrected chi connectivity index (χ4v) is 3.67. The van der Waals surface area contributed by atoms with E-state index in [0.717, 1.165) is 24.8 Å². The highest BCUT2D eigenvalue weighted by atomic mass is 16.5. The number of fused-ring (bicyclic) bond motifs is 2. The molecule has 4 rings (SSSR count). The first-order valence-electron chi connectivity index (χ1n) is 7.66. The van der Waals surface area contributed by atoms with Gasteiger partial charge in [-0.05, 0) is 36.0 Å². The molecule has 0 radical (unpaired) electrons. The molecule has 0 N–H and O–H groups in total. The number of hydrogen-bond donors (Lipinski definition) is 0. The number of aryl methyl sites for hydroxylation is 1. The molecular weight excluding hydrogens is 260 g/mol. The SMILES string of the molecule is O=C1c2ccccc2CCC1C1OCCc2ccccc21. The minimum atomic E-state index is -0.0733. The van der Waals surface area contributed by atoms with E-state index >= 15 is 0 Å². The van der Waals surface area contributed by atoms with E-state index in [1.807, 2.05) is 24.3 Å². The number of carbonyl (C=O) groups excluding carboxylic acids is 1. The van der Waals surface area contributed by atoms with Crippen LogP contribution in [0.2, 0.25) is 0 Å². The van der Waals surface area contributed by atoms with E-state index in [2.05, 4.69) is 24.3 Å². The van der Waals surface area contributed by atoms with Gasteiger partial charge in [-0.15, -0.1) is 0 Å². The van der Waals surface area contributed by atoms with Crippen LogP contribution in [0.4, 0.5) is 0 Å². The molecule has 0 aromatic heterocycles. The minimum Gasteiger partial charge on any atom is -0.372 e. The number of ketones is 1. The van der Waals surface area contributed by atoms with Gasteiger partial charge in [0.25, 0.3) is 0 Å². The van der Waals surface area contributed by atoms with E-state index < -0.39 is 0 Å². The molecule has 2 heteroatoms. The summed E-state index contributed by atoms with van der Waals surface area (Å²) in [5.74, 6) is 0.208. The quantitative estimate of drug-likeness (QED) is 0.794. The molecule has 0 fully saturated rings. The number of benzene rings is 2. The Morgan fingerprint density at radius 2 is 1.67 bits per heavy atom. The summed E-state index contributed by atoms with van der Waals surface area (Å²) in [6.45, 7) is 0.715. The fraction of sp³-hybridized carbons (Fsp3) is 0.316. The molecule has 2 unspecified atom stereocenters. The summed E-state index contributed by atoms with van der Waals surface area (Å²) in [6.07, 6.45) is 2.73. The van der Waals surface area contributed by atoms with Crippen molar-refractivity contribution in [2.45, 2.75) is 25.4 Å². The van der Waals surface area contributed by atoms with Gasteiger partial charge < -0.3 is 4.74 Å². The third-order valence-corrected chi connectivity index (χ3v) is 4.74. The van der Waals surface area contributed by atoms with Crippen molar-refractivity contribution in [2.24, 2.45) is 5.92 Å². The molecule has 2 aromatic carbocycles. The summed E-state index contributed by atoms with van der Waals surface area (Å²) in [6, 6.07) is 16.4. The summed E-state index contributed by atoms with van der Waals surface area (Å²) in [5, 5.41) is 0. The normalized spacial score (nSPS) is 24.3. The van der Waals surface area contributed by atoms with Gasteiger partial charge in [-0.2, -0.15) is 0 Å². The minimum absolute atomic E-state index is 0.0404. The molecule has 0 amide bonds. The van der Waals surface area contributed by atoms with Crippen LogP contribution in [-0.4, -0.2) is 12.4 Å². The number of Topliss-reactive ketones (excluding diaryl/α,β-unsaturated/α-hetero) is 1. The number of hydrogen-bond acceptors (Lipinski definition) is 2. The Hall–Kier alpha value is -1.93. The van der Waals surface area contributed by atoms with E-state index in [4.69, 9.17) is 4.74 Å². The molecule has 1 aliphatic carbocycles. The number of carbonyl (C=O) groups is 1. The van der Waals surface area contributed by atoms with Crippen molar-refractivity contribution < 1.29 is 9.53 Å². The third-order valence-electron chi connectivity index (χ3n) is 4.74. The van der Waals surface area contributed by atoms with Crippen LogP contribution in [0, 0.1) is 5.92 Å². The molecule has 1 aliphatic heterocycles. The lowest BCUT2D eigenvalue weighted by molar-refractivity contribution is 0.00155. The van der Waals surface area contributed by atoms with Crippen molar-refractivity contribution >= 4 is 5.78 Å². The summed E-state index contributed by atoms with van der Waals surface area (Å²) >= 11 is 0. The topological polar surface area (TPSA) is 26.3 Å². The fourth-order valence-electron chi connectivity index (χ4n) is 3.67. The van der Waals surface area contributed by atoms with Gasteiger partial charge in [-0.25, -0.2) is 0 Å². The molecule has 2 aromatic rings. The summed E-state index contributed by atoms with van der Waals surface area (Å²) < 4.78 is 6.01. The average molecular weight is 278 g/mol. The number of ether oxygens (including phenoxy) is 1. The third kappa shape index (κ3) is 2.11. The first kappa shape index (κ1) is 12.8. The molecular formula is C19H18O2. The van der Waals surface area contributed by atoms with Gasteiger partial charge in [0.05, 0.1) is 18.6 Å². The molecule has 0 spiro atoms. The second kappa shape index (κ2) is 5.12. The Morgan fingerprint density at radius 1 is 0.905 bits per heavy atom. The Morgan fingerprint density at radius 3 is 2.57 bits per heavy atom. The van der Waals surface area contributed by atoms with E-state index in [1.54, 1.807) is 0 Å². The molecule has 0 saturated heterocycles. The van der Waals surface area contributed by atoms with Crippen LogP contribution < -0.4 is 0 Å². The number of rotatable bonds is 1. The zero-order chi connectivity index (χ0) is 14.2. The van der Waals surface area contributed by atoms with Crippen molar-refractivity contribution in [3.8, 4) is 0 Å². The molecule has 1 heterocycles. The van der Waals surface area contributed by atoms with Crippen molar-refractivity contribution in [3.05, 3.63) is 70.8 Å². The highest BCUT2D eigenvalue weighted by Crippen LogP contribution is 2.39. The molecule has 21 heavy (non-hydrogen) atoms. The highest BCUT2D eigenvalue weighted by Gasteiger charge is 2.36. The van der Waals surface area contributed by atoms with Crippen LogP contribution in [0.3, 0.4) is 0 Å². The maximum atomic E-state index is 12.8. The van der Waals surface area contributed by atoms with Crippen LogP contribution in [0.1, 0.15) is 39.6 Å². The highest BCUT2D eigenvalue weighted by molar-refractivity contribution is 6.00. The second-order valence-corrected chi connectivity index (χ2v) is 5.91. The van der Waals surface area contributed by atoms with Crippen molar-refractivity contribution in [2.75, 3.05) is 6.61 Å². The van der Waals surface area contributed by atoms with Gasteiger partial charge in [-0.1, -0.05) is 48.5 Å². The lowest BCUT2D eigenvalue weighted by atomic mass is 9.76. The molecule has 2 aliphatic rings. The Labute approximate surface area is 124 Å². The maximum Gasteiger partial charge on any atom is 0.169 e. The Bertz CT molecular complexity index is 689. The van der Waals surface area contributed by atoms with Crippen LogP contribution in [0.5, 0.6) is 0 Å². The standard InChI is InChI=1S/C19H18O2/c20-18-15-7-3-1-5-13(15)9-10-17(18)19-16-8-4-2-6-14(16)11-12-21-19/h1-8,17,19H,9-12H2. The molecule has 0 bridgehead atoms. The van der Waals surface area contributed by atoms with Crippen molar-refractivity contribution in [1.29, 1.82) is 0 Å².